The van der Waals surface area contributed by atoms with Crippen LogP contribution in [0.1, 0.15) is 5.56 Å². The molecule has 0 saturated heterocycles. The van der Waals surface area contributed by atoms with E-state index in [1.165, 1.54) is 0 Å². The summed E-state index contributed by atoms with van der Waals surface area (Å²) in [4.78, 5) is 3.99. The minimum absolute atomic E-state index is 0.566. The number of rotatable bonds is 4. The van der Waals surface area contributed by atoms with Gasteiger partial charge in [-0.25, -0.2) is 0 Å². The number of nitrogens with two attached hydrogens (primary N) is 1. The van der Waals surface area contributed by atoms with E-state index in [9.17, 15) is 0 Å². The van der Waals surface area contributed by atoms with Gasteiger partial charge in [-0.1, -0.05) is 18.2 Å². The Morgan fingerprint density at radius 1 is 1.19 bits per heavy atom. The molecule has 3 N–H and O–H groups in total. The van der Waals surface area contributed by atoms with Gasteiger partial charge in [0.15, 0.2) is 0 Å². The van der Waals surface area contributed by atoms with Gasteiger partial charge >= 0.3 is 0 Å². The first-order chi connectivity index (χ1) is 7.90. The molecule has 0 spiro atoms. The highest BCUT2D eigenvalue weighted by Gasteiger charge is 2.02. The second-order valence-corrected chi connectivity index (χ2v) is 3.28. The standard InChI is InChI=1S/C12H13N3O/c13-15-8-10-4-1-2-6-12(10)16-11-5-3-7-14-9-11/h1-7,9,15H,8,13H2. The zero-order chi connectivity index (χ0) is 11.2. The average molecular weight is 215 g/mol. The summed E-state index contributed by atoms with van der Waals surface area (Å²) in [6.45, 7) is 0.566. The Hall–Kier alpha value is -1.91. The summed E-state index contributed by atoms with van der Waals surface area (Å²) in [7, 11) is 0. The molecular formula is C12H13N3O. The Morgan fingerprint density at radius 3 is 2.81 bits per heavy atom. The maximum atomic E-state index is 5.70. The maximum Gasteiger partial charge on any atom is 0.145 e. The Balaban J connectivity index is 2.21. The van der Waals surface area contributed by atoms with Crippen LogP contribution >= 0.6 is 0 Å². The summed E-state index contributed by atoms with van der Waals surface area (Å²) >= 11 is 0. The Labute approximate surface area is 94.0 Å². The molecule has 0 aliphatic rings. The van der Waals surface area contributed by atoms with Crippen LogP contribution in [0.15, 0.2) is 48.8 Å². The van der Waals surface area contributed by atoms with Gasteiger partial charge < -0.3 is 4.74 Å². The summed E-state index contributed by atoms with van der Waals surface area (Å²) in [6.07, 6.45) is 3.38. The fraction of sp³-hybridized carbons (Fsp3) is 0.0833. The molecule has 0 bridgehead atoms. The first-order valence-electron chi connectivity index (χ1n) is 4.99. The SMILES string of the molecule is NNCc1ccccc1Oc1cccnc1. The van der Waals surface area contributed by atoms with Crippen LogP contribution in [-0.2, 0) is 6.54 Å². The molecular weight excluding hydrogens is 202 g/mol. The van der Waals surface area contributed by atoms with E-state index in [0.717, 1.165) is 11.3 Å². The zero-order valence-electron chi connectivity index (χ0n) is 8.76. The van der Waals surface area contributed by atoms with Gasteiger partial charge in [0, 0.05) is 18.3 Å². The molecule has 16 heavy (non-hydrogen) atoms. The summed E-state index contributed by atoms with van der Waals surface area (Å²) in [5, 5.41) is 0. The van der Waals surface area contributed by atoms with Crippen molar-refractivity contribution in [3.63, 3.8) is 0 Å². The lowest BCUT2D eigenvalue weighted by molar-refractivity contribution is 0.471. The summed E-state index contributed by atoms with van der Waals surface area (Å²) in [6, 6.07) is 11.4. The normalized spacial score (nSPS) is 10.1. The molecule has 4 nitrogen and oxygen atoms in total. The minimum Gasteiger partial charge on any atom is -0.455 e. The first-order valence-corrected chi connectivity index (χ1v) is 4.99. The van der Waals surface area contributed by atoms with E-state index in [0.29, 0.717) is 12.3 Å². The molecule has 4 heteroatoms. The molecule has 0 atom stereocenters. The number of hydrogen-bond donors (Lipinski definition) is 2. The van der Waals surface area contributed by atoms with Gasteiger partial charge in [0.25, 0.3) is 0 Å². The van der Waals surface area contributed by atoms with Crippen molar-refractivity contribution in [2.45, 2.75) is 6.54 Å². The van der Waals surface area contributed by atoms with Crippen LogP contribution in [0.3, 0.4) is 0 Å². The number of nitrogens with zero attached hydrogens (tertiary/aromatic N) is 1. The molecule has 0 aliphatic carbocycles. The third-order valence-corrected chi connectivity index (χ3v) is 2.13. The maximum absolute atomic E-state index is 5.70. The van der Waals surface area contributed by atoms with Crippen molar-refractivity contribution >= 4 is 0 Å². The van der Waals surface area contributed by atoms with Crippen LogP contribution in [0.5, 0.6) is 11.5 Å². The topological polar surface area (TPSA) is 60.2 Å². The third kappa shape index (κ3) is 2.56. The fourth-order valence-electron chi connectivity index (χ4n) is 1.39. The summed E-state index contributed by atoms with van der Waals surface area (Å²) in [5.41, 5.74) is 3.62. The molecule has 2 aromatic rings. The molecule has 0 fully saturated rings. The number of nitrogens with one attached hydrogen (secondary N) is 1. The zero-order valence-corrected chi connectivity index (χ0v) is 8.76. The van der Waals surface area contributed by atoms with Crippen LogP contribution in [0.4, 0.5) is 0 Å². The molecule has 1 heterocycles. The Bertz CT molecular complexity index is 445. The number of hydrazine groups is 1. The number of ether oxygens (including phenoxy) is 1. The molecule has 0 aliphatic heterocycles. The molecule has 1 aromatic carbocycles. The average Bonchev–Trinajstić information content (AvgIpc) is 2.33. The van der Waals surface area contributed by atoms with Crippen LogP contribution < -0.4 is 16.0 Å². The molecule has 0 saturated carbocycles. The lowest BCUT2D eigenvalue weighted by atomic mass is 10.2. The van der Waals surface area contributed by atoms with Crippen molar-refractivity contribution in [3.8, 4) is 11.5 Å². The number of para-hydroxylation sites is 1. The predicted octanol–water partition coefficient (Wildman–Crippen LogP) is 1.84. The first kappa shape index (κ1) is 10.6. The van der Waals surface area contributed by atoms with Crippen LogP contribution in [0.25, 0.3) is 0 Å². The smallest absolute Gasteiger partial charge is 0.145 e. The van der Waals surface area contributed by atoms with Crippen molar-refractivity contribution in [1.82, 2.24) is 10.4 Å². The third-order valence-electron chi connectivity index (χ3n) is 2.13. The summed E-state index contributed by atoms with van der Waals surface area (Å²) < 4.78 is 5.70. The highest BCUT2D eigenvalue weighted by molar-refractivity contribution is 5.36. The van der Waals surface area contributed by atoms with E-state index in [1.54, 1.807) is 12.4 Å². The Morgan fingerprint density at radius 2 is 2.06 bits per heavy atom. The molecule has 1 aromatic heterocycles. The van der Waals surface area contributed by atoms with Crippen molar-refractivity contribution in [2.24, 2.45) is 5.84 Å². The van der Waals surface area contributed by atoms with Crippen molar-refractivity contribution in [2.75, 3.05) is 0 Å². The second kappa shape index (κ2) is 5.25. The highest BCUT2D eigenvalue weighted by Crippen LogP contribution is 2.24. The molecule has 2 rings (SSSR count). The van der Waals surface area contributed by atoms with Gasteiger partial charge in [-0.15, -0.1) is 0 Å². The molecule has 0 unspecified atom stereocenters. The number of hydrogen-bond acceptors (Lipinski definition) is 4. The monoisotopic (exact) mass is 215 g/mol. The van der Waals surface area contributed by atoms with Crippen LogP contribution in [0.2, 0.25) is 0 Å². The van der Waals surface area contributed by atoms with Gasteiger partial charge in [0.1, 0.15) is 11.5 Å². The van der Waals surface area contributed by atoms with E-state index in [4.69, 9.17) is 10.6 Å². The van der Waals surface area contributed by atoms with Gasteiger partial charge in [0.2, 0.25) is 0 Å². The lowest BCUT2D eigenvalue weighted by Gasteiger charge is -2.09. The molecule has 82 valence electrons. The van der Waals surface area contributed by atoms with E-state index >= 15 is 0 Å². The van der Waals surface area contributed by atoms with Gasteiger partial charge in [0.05, 0.1) is 6.20 Å². The minimum atomic E-state index is 0.566. The summed E-state index contributed by atoms with van der Waals surface area (Å²) in [5.74, 6) is 6.81. The van der Waals surface area contributed by atoms with E-state index in [2.05, 4.69) is 10.4 Å². The number of aromatic nitrogens is 1. The van der Waals surface area contributed by atoms with E-state index < -0.39 is 0 Å². The van der Waals surface area contributed by atoms with Gasteiger partial charge in [-0.3, -0.25) is 16.3 Å². The predicted molar refractivity (Wildman–Crippen MR) is 61.8 cm³/mol. The Kier molecular flexibility index (Phi) is 3.48. The van der Waals surface area contributed by atoms with Gasteiger partial charge in [-0.2, -0.15) is 0 Å². The lowest BCUT2D eigenvalue weighted by Crippen LogP contribution is -2.21. The van der Waals surface area contributed by atoms with Gasteiger partial charge in [-0.05, 0) is 18.2 Å². The number of pyridine rings is 1. The van der Waals surface area contributed by atoms with Crippen molar-refractivity contribution < 1.29 is 4.74 Å². The highest BCUT2D eigenvalue weighted by atomic mass is 16.5. The van der Waals surface area contributed by atoms with Crippen LogP contribution in [-0.4, -0.2) is 4.98 Å². The fourth-order valence-corrected chi connectivity index (χ4v) is 1.39. The second-order valence-electron chi connectivity index (χ2n) is 3.28. The molecule has 0 amide bonds. The van der Waals surface area contributed by atoms with Crippen molar-refractivity contribution in [3.05, 3.63) is 54.4 Å². The largest absolute Gasteiger partial charge is 0.455 e. The number of benzene rings is 1. The van der Waals surface area contributed by atoms with Crippen molar-refractivity contribution in [1.29, 1.82) is 0 Å². The van der Waals surface area contributed by atoms with E-state index in [1.807, 2.05) is 36.4 Å². The van der Waals surface area contributed by atoms with E-state index in [-0.39, 0.29) is 0 Å². The molecule has 0 radical (unpaired) electrons. The van der Waals surface area contributed by atoms with Crippen LogP contribution in [0, 0.1) is 0 Å². The quantitative estimate of drug-likeness (QED) is 0.603.